The Morgan fingerprint density at radius 3 is 1.60 bits per heavy atom. The number of aryl methyl sites for hydroxylation is 1. The Morgan fingerprint density at radius 1 is 0.560 bits per heavy atom. The van der Waals surface area contributed by atoms with E-state index in [1.54, 1.807) is 36.4 Å². The number of carbonyl (C=O) groups is 4. The first kappa shape index (κ1) is 33.2. The van der Waals surface area contributed by atoms with E-state index in [4.69, 9.17) is 0 Å². The lowest BCUT2D eigenvalue weighted by Crippen LogP contribution is -2.33. The molecule has 6 nitrogen and oxygen atoms in total. The van der Waals surface area contributed by atoms with Crippen molar-refractivity contribution in [1.29, 1.82) is 0 Å². The Hall–Kier alpha value is -5.30. The highest BCUT2D eigenvalue weighted by atomic mass is 16.3. The number of fused-ring (bicyclic) bond motifs is 5. The van der Waals surface area contributed by atoms with E-state index in [1.807, 2.05) is 67.6 Å². The topological polar surface area (TPSA) is 109 Å². The fraction of sp³-hybridized carbons (Fsp3) is 0.227. The predicted octanol–water partition coefficient (Wildman–Crippen LogP) is 7.43. The van der Waals surface area contributed by atoms with Crippen LogP contribution in [0, 0.1) is 6.92 Å². The minimum absolute atomic E-state index is 0.171. The summed E-state index contributed by atoms with van der Waals surface area (Å²) >= 11 is 0. The van der Waals surface area contributed by atoms with Crippen molar-refractivity contribution in [2.75, 3.05) is 0 Å². The summed E-state index contributed by atoms with van der Waals surface area (Å²) in [5, 5.41) is 20.7. The quantitative estimate of drug-likeness (QED) is 0.164. The number of ketones is 4. The van der Waals surface area contributed by atoms with Gasteiger partial charge in [-0.2, -0.15) is 0 Å². The van der Waals surface area contributed by atoms with E-state index < -0.39 is 16.6 Å². The van der Waals surface area contributed by atoms with Crippen LogP contribution in [0.5, 0.6) is 0 Å². The second-order valence-corrected chi connectivity index (χ2v) is 14.8. The van der Waals surface area contributed by atoms with Gasteiger partial charge in [-0.15, -0.1) is 0 Å². The van der Waals surface area contributed by atoms with Crippen LogP contribution >= 0.6 is 0 Å². The summed E-state index contributed by atoms with van der Waals surface area (Å²) in [6.07, 6.45) is 0.990. The molecule has 0 amide bonds. The molecule has 0 spiro atoms. The standard InChI is InChI=1S/C44H38O6/c1-25-9-8-11-31-37(25)39(46)34-22-36-32(21-33(34)38(31)45)30-10-6-7-12-35(30)44(36,23-26-13-17-28(18-14-26)40(47)42(2,3)49)24-27-15-19-29(20-16-27)41(48)43(4,5)50/h6-22,49-50H,23-24H2,1-5H3. The van der Waals surface area contributed by atoms with E-state index in [2.05, 4.69) is 6.07 Å². The molecule has 6 heteroatoms. The van der Waals surface area contributed by atoms with Gasteiger partial charge in [0.2, 0.25) is 0 Å². The van der Waals surface area contributed by atoms with Crippen LogP contribution in [-0.4, -0.2) is 44.5 Å². The van der Waals surface area contributed by atoms with Crippen LogP contribution < -0.4 is 0 Å². The van der Waals surface area contributed by atoms with E-state index in [9.17, 15) is 29.4 Å². The van der Waals surface area contributed by atoms with Gasteiger partial charge in [0.05, 0.1) is 0 Å². The molecule has 250 valence electrons. The number of carbonyl (C=O) groups excluding carboxylic acids is 4. The predicted molar refractivity (Wildman–Crippen MR) is 192 cm³/mol. The van der Waals surface area contributed by atoms with Crippen LogP contribution in [0.3, 0.4) is 0 Å². The molecule has 0 aliphatic heterocycles. The van der Waals surface area contributed by atoms with Crippen LogP contribution in [0.1, 0.15) is 108 Å². The number of Topliss-reactive ketones (excluding diaryl/α,β-unsaturated/α-hetero) is 2. The summed E-state index contributed by atoms with van der Waals surface area (Å²) in [7, 11) is 0. The maximum atomic E-state index is 14.2. The van der Waals surface area contributed by atoms with Crippen LogP contribution in [0.2, 0.25) is 0 Å². The van der Waals surface area contributed by atoms with Crippen molar-refractivity contribution in [1.82, 2.24) is 0 Å². The molecule has 0 heterocycles. The minimum Gasteiger partial charge on any atom is -0.382 e. The second kappa shape index (κ2) is 11.7. The summed E-state index contributed by atoms with van der Waals surface area (Å²) < 4.78 is 0. The summed E-state index contributed by atoms with van der Waals surface area (Å²) in [4.78, 5) is 53.8. The van der Waals surface area contributed by atoms with E-state index in [-0.39, 0.29) is 23.1 Å². The van der Waals surface area contributed by atoms with Crippen molar-refractivity contribution < 1.29 is 29.4 Å². The van der Waals surface area contributed by atoms with Crippen molar-refractivity contribution >= 4 is 23.1 Å². The monoisotopic (exact) mass is 662 g/mol. The molecular weight excluding hydrogens is 624 g/mol. The Labute approximate surface area is 291 Å². The molecular formula is C44H38O6. The van der Waals surface area contributed by atoms with Gasteiger partial charge < -0.3 is 10.2 Å². The summed E-state index contributed by atoms with van der Waals surface area (Å²) in [6.45, 7) is 7.73. The van der Waals surface area contributed by atoms with E-state index >= 15 is 0 Å². The Bertz CT molecular complexity index is 2170. The molecule has 0 unspecified atom stereocenters. The Kier molecular flexibility index (Phi) is 7.74. The number of hydrogen-bond acceptors (Lipinski definition) is 6. The second-order valence-electron chi connectivity index (χ2n) is 14.8. The lowest BCUT2D eigenvalue weighted by Gasteiger charge is -2.34. The highest BCUT2D eigenvalue weighted by Gasteiger charge is 2.45. The molecule has 0 saturated heterocycles. The fourth-order valence-corrected chi connectivity index (χ4v) is 7.71. The van der Waals surface area contributed by atoms with Gasteiger partial charge in [0.25, 0.3) is 0 Å². The largest absolute Gasteiger partial charge is 0.382 e. The smallest absolute Gasteiger partial charge is 0.194 e. The summed E-state index contributed by atoms with van der Waals surface area (Å²) in [5.74, 6) is -1.10. The number of hydrogen-bond donors (Lipinski definition) is 2. The molecule has 2 aliphatic rings. The van der Waals surface area contributed by atoms with Gasteiger partial charge >= 0.3 is 0 Å². The van der Waals surface area contributed by atoms with Gasteiger partial charge in [0.1, 0.15) is 11.2 Å². The zero-order valence-corrected chi connectivity index (χ0v) is 28.8. The first-order valence-electron chi connectivity index (χ1n) is 16.8. The molecule has 5 aromatic carbocycles. The third kappa shape index (κ3) is 5.36. The molecule has 0 aromatic heterocycles. The average Bonchev–Trinajstić information content (AvgIpc) is 3.34. The third-order valence-electron chi connectivity index (χ3n) is 10.2. The van der Waals surface area contributed by atoms with Crippen molar-refractivity contribution in [2.45, 2.75) is 64.1 Å². The molecule has 50 heavy (non-hydrogen) atoms. The molecule has 5 aromatic rings. The lowest BCUT2D eigenvalue weighted by molar-refractivity contribution is 0.0487. The highest BCUT2D eigenvalue weighted by Crippen LogP contribution is 2.53. The highest BCUT2D eigenvalue weighted by molar-refractivity contribution is 6.29. The average molecular weight is 663 g/mol. The zero-order valence-electron chi connectivity index (χ0n) is 28.8. The van der Waals surface area contributed by atoms with Gasteiger partial charge in [-0.25, -0.2) is 0 Å². The van der Waals surface area contributed by atoms with Gasteiger partial charge in [-0.3, -0.25) is 19.2 Å². The molecule has 0 atom stereocenters. The Balaban J connectivity index is 1.42. The van der Waals surface area contributed by atoms with Gasteiger partial charge in [0.15, 0.2) is 23.1 Å². The van der Waals surface area contributed by atoms with Crippen molar-refractivity contribution in [2.24, 2.45) is 0 Å². The van der Waals surface area contributed by atoms with Crippen molar-refractivity contribution in [3.63, 3.8) is 0 Å². The minimum atomic E-state index is -1.51. The SMILES string of the molecule is Cc1cccc2c1C(=O)c1cc3c(cc1C2=O)-c1ccccc1C3(Cc1ccc(C(=O)C(C)(C)O)cc1)Cc1ccc(C(=O)C(C)(C)O)cc1. The first-order valence-corrected chi connectivity index (χ1v) is 16.8. The van der Waals surface area contributed by atoms with E-state index in [0.717, 1.165) is 38.9 Å². The maximum Gasteiger partial charge on any atom is 0.194 e. The van der Waals surface area contributed by atoms with Gasteiger partial charge in [-0.05, 0) is 98.5 Å². The number of aliphatic hydroxyl groups is 2. The molecule has 0 bridgehead atoms. The van der Waals surface area contributed by atoms with Crippen molar-refractivity contribution in [3.05, 3.63) is 164 Å². The third-order valence-corrected chi connectivity index (χ3v) is 10.2. The normalized spacial score (nSPS) is 14.5. The van der Waals surface area contributed by atoms with E-state index in [0.29, 0.717) is 46.2 Å². The van der Waals surface area contributed by atoms with Gasteiger partial charge in [-0.1, -0.05) is 91.0 Å². The molecule has 0 radical (unpaired) electrons. The summed E-state index contributed by atoms with van der Waals surface area (Å²) in [6, 6.07) is 31.8. The maximum absolute atomic E-state index is 14.2. The first-order chi connectivity index (χ1) is 23.6. The lowest BCUT2D eigenvalue weighted by atomic mass is 9.68. The molecule has 2 aliphatic carbocycles. The van der Waals surface area contributed by atoms with Crippen molar-refractivity contribution in [3.8, 4) is 11.1 Å². The summed E-state index contributed by atoms with van der Waals surface area (Å²) in [5.41, 5.74) is 5.16. The number of rotatable bonds is 8. The van der Waals surface area contributed by atoms with Crippen LogP contribution in [0.25, 0.3) is 11.1 Å². The fourth-order valence-electron chi connectivity index (χ4n) is 7.71. The van der Waals surface area contributed by atoms with Crippen LogP contribution in [0.4, 0.5) is 0 Å². The Morgan fingerprint density at radius 2 is 1.06 bits per heavy atom. The molecule has 0 fully saturated rings. The van der Waals surface area contributed by atoms with Crippen LogP contribution in [-0.2, 0) is 18.3 Å². The number of benzene rings is 5. The molecule has 2 N–H and O–H groups in total. The van der Waals surface area contributed by atoms with Gasteiger partial charge in [0, 0.05) is 38.8 Å². The molecule has 0 saturated carbocycles. The molecule has 7 rings (SSSR count). The zero-order chi connectivity index (χ0) is 35.7. The van der Waals surface area contributed by atoms with E-state index in [1.165, 1.54) is 27.7 Å². The van der Waals surface area contributed by atoms with Crippen LogP contribution in [0.15, 0.2) is 103 Å².